The number of hydrogen-bond acceptors (Lipinski definition) is 3. The lowest BCUT2D eigenvalue weighted by Crippen LogP contribution is -2.41. The number of imidazole rings is 1. The highest BCUT2D eigenvalue weighted by Crippen LogP contribution is 2.26. The van der Waals surface area contributed by atoms with Gasteiger partial charge in [0.1, 0.15) is 0 Å². The minimum atomic E-state index is 0.447. The van der Waals surface area contributed by atoms with E-state index in [-0.39, 0.29) is 0 Å². The van der Waals surface area contributed by atoms with Crippen molar-refractivity contribution < 1.29 is 0 Å². The molecular formula is C15H22N4. The average molecular weight is 258 g/mol. The summed E-state index contributed by atoms with van der Waals surface area (Å²) in [6.45, 7) is 2.13. The molecule has 102 valence electrons. The first-order valence-electron chi connectivity index (χ1n) is 6.96. The van der Waals surface area contributed by atoms with Crippen LogP contribution in [0, 0.1) is 5.92 Å². The van der Waals surface area contributed by atoms with Crippen LogP contribution in [0.15, 0.2) is 24.5 Å². The van der Waals surface area contributed by atoms with E-state index in [0.717, 1.165) is 24.5 Å². The molecule has 1 heterocycles. The second kappa shape index (κ2) is 4.94. The molecule has 0 atom stereocenters. The Morgan fingerprint density at radius 3 is 2.95 bits per heavy atom. The van der Waals surface area contributed by atoms with Gasteiger partial charge in [0.2, 0.25) is 0 Å². The molecule has 3 rings (SSSR count). The maximum atomic E-state index is 5.83. The Kier molecular flexibility index (Phi) is 3.29. The van der Waals surface area contributed by atoms with Gasteiger partial charge in [-0.1, -0.05) is 6.07 Å². The summed E-state index contributed by atoms with van der Waals surface area (Å²) in [5.74, 6) is 0.790. The summed E-state index contributed by atoms with van der Waals surface area (Å²) in [5, 5.41) is 0. The summed E-state index contributed by atoms with van der Waals surface area (Å²) in [5.41, 5.74) is 9.44. The van der Waals surface area contributed by atoms with Gasteiger partial charge < -0.3 is 15.2 Å². The molecule has 1 aromatic heterocycles. The Hall–Kier alpha value is -1.39. The number of hydrogen-bond donors (Lipinski definition) is 1. The van der Waals surface area contributed by atoms with Crippen LogP contribution >= 0.6 is 0 Å². The van der Waals surface area contributed by atoms with Crippen molar-refractivity contribution in [1.82, 2.24) is 14.5 Å². The first kappa shape index (κ1) is 12.6. The largest absolute Gasteiger partial charge is 0.334 e. The van der Waals surface area contributed by atoms with Crippen LogP contribution < -0.4 is 5.73 Å². The molecule has 0 bridgehead atoms. The molecule has 1 saturated carbocycles. The summed E-state index contributed by atoms with van der Waals surface area (Å²) in [6, 6.07) is 7.00. The van der Waals surface area contributed by atoms with Gasteiger partial charge >= 0.3 is 0 Å². The van der Waals surface area contributed by atoms with Gasteiger partial charge in [0.05, 0.1) is 17.4 Å². The first-order valence-corrected chi connectivity index (χ1v) is 6.96. The molecule has 0 amide bonds. The highest BCUT2D eigenvalue weighted by atomic mass is 15.1. The van der Waals surface area contributed by atoms with Crippen molar-refractivity contribution in [3.05, 3.63) is 30.1 Å². The monoisotopic (exact) mass is 258 g/mol. The van der Waals surface area contributed by atoms with E-state index in [1.54, 1.807) is 0 Å². The lowest BCUT2D eigenvalue weighted by Gasteiger charge is -2.35. The molecule has 0 aliphatic heterocycles. The maximum absolute atomic E-state index is 5.83. The van der Waals surface area contributed by atoms with Gasteiger partial charge in [-0.3, -0.25) is 0 Å². The molecule has 0 saturated heterocycles. The van der Waals surface area contributed by atoms with Crippen molar-refractivity contribution in [1.29, 1.82) is 0 Å². The van der Waals surface area contributed by atoms with E-state index in [9.17, 15) is 0 Å². The molecular weight excluding hydrogens is 236 g/mol. The third-order valence-electron chi connectivity index (χ3n) is 4.08. The Balaban J connectivity index is 1.64. The number of nitrogens with two attached hydrogens (primary N) is 1. The van der Waals surface area contributed by atoms with Crippen LogP contribution in [-0.2, 0) is 13.6 Å². The van der Waals surface area contributed by atoms with E-state index >= 15 is 0 Å². The van der Waals surface area contributed by atoms with Crippen molar-refractivity contribution in [2.24, 2.45) is 18.7 Å². The van der Waals surface area contributed by atoms with Crippen molar-refractivity contribution in [3.8, 4) is 0 Å². The van der Waals surface area contributed by atoms with Crippen LogP contribution in [0.4, 0.5) is 0 Å². The van der Waals surface area contributed by atoms with Gasteiger partial charge in [0.25, 0.3) is 0 Å². The van der Waals surface area contributed by atoms with E-state index in [0.29, 0.717) is 6.04 Å². The van der Waals surface area contributed by atoms with Gasteiger partial charge in [0.15, 0.2) is 0 Å². The van der Waals surface area contributed by atoms with Crippen molar-refractivity contribution >= 4 is 11.0 Å². The van der Waals surface area contributed by atoms with Gasteiger partial charge in [-0.05, 0) is 43.5 Å². The third kappa shape index (κ3) is 2.65. The van der Waals surface area contributed by atoms with Crippen molar-refractivity contribution in [3.63, 3.8) is 0 Å². The average Bonchev–Trinajstić information content (AvgIpc) is 2.69. The second-order valence-corrected chi connectivity index (χ2v) is 5.97. The zero-order valence-corrected chi connectivity index (χ0v) is 11.7. The predicted molar refractivity (Wildman–Crippen MR) is 77.7 cm³/mol. The minimum Gasteiger partial charge on any atom is -0.334 e. The SMILES string of the molecule is CN(Cc1ccc2c(c1)ncn2C)CC1CC(N)C1. The number of aryl methyl sites for hydroxylation is 1. The number of fused-ring (bicyclic) bond motifs is 1. The first-order chi connectivity index (χ1) is 9.11. The topological polar surface area (TPSA) is 47.1 Å². The zero-order valence-electron chi connectivity index (χ0n) is 11.7. The Bertz CT molecular complexity index is 569. The Morgan fingerprint density at radius 2 is 2.21 bits per heavy atom. The fraction of sp³-hybridized carbons (Fsp3) is 0.533. The highest BCUT2D eigenvalue weighted by molar-refractivity contribution is 5.75. The summed E-state index contributed by atoms with van der Waals surface area (Å²) >= 11 is 0. The molecule has 1 fully saturated rings. The lowest BCUT2D eigenvalue weighted by atomic mass is 9.80. The molecule has 4 heteroatoms. The standard InChI is InChI=1S/C15H22N4/c1-18(9-12-5-13(16)6-12)8-11-3-4-15-14(7-11)17-10-19(15)2/h3-4,7,10,12-13H,5-6,8-9,16H2,1-2H3. The van der Waals surface area contributed by atoms with Crippen molar-refractivity contribution in [2.45, 2.75) is 25.4 Å². The minimum absolute atomic E-state index is 0.447. The van der Waals surface area contributed by atoms with Crippen LogP contribution in [-0.4, -0.2) is 34.1 Å². The van der Waals surface area contributed by atoms with Gasteiger partial charge in [-0.25, -0.2) is 4.98 Å². The number of rotatable bonds is 4. The van der Waals surface area contributed by atoms with Crippen LogP contribution in [0.1, 0.15) is 18.4 Å². The van der Waals surface area contributed by atoms with Crippen LogP contribution in [0.5, 0.6) is 0 Å². The fourth-order valence-corrected chi connectivity index (χ4v) is 3.03. The summed E-state index contributed by atoms with van der Waals surface area (Å²) in [7, 11) is 4.22. The van der Waals surface area contributed by atoms with E-state index < -0.39 is 0 Å². The molecule has 19 heavy (non-hydrogen) atoms. The van der Waals surface area contributed by atoms with Gasteiger partial charge in [-0.2, -0.15) is 0 Å². The molecule has 0 spiro atoms. The van der Waals surface area contributed by atoms with Crippen LogP contribution in [0.3, 0.4) is 0 Å². The predicted octanol–water partition coefficient (Wildman–Crippen LogP) is 1.74. The lowest BCUT2D eigenvalue weighted by molar-refractivity contribution is 0.178. The molecule has 1 aromatic carbocycles. The molecule has 0 unspecified atom stereocenters. The number of benzene rings is 1. The highest BCUT2D eigenvalue weighted by Gasteiger charge is 2.26. The van der Waals surface area contributed by atoms with E-state index in [2.05, 4.69) is 39.7 Å². The smallest absolute Gasteiger partial charge is 0.0955 e. The van der Waals surface area contributed by atoms with Crippen molar-refractivity contribution in [2.75, 3.05) is 13.6 Å². The molecule has 2 N–H and O–H groups in total. The Morgan fingerprint density at radius 1 is 1.42 bits per heavy atom. The van der Waals surface area contributed by atoms with E-state index in [1.807, 2.05) is 13.4 Å². The third-order valence-corrected chi connectivity index (χ3v) is 4.08. The second-order valence-electron chi connectivity index (χ2n) is 5.97. The summed E-state index contributed by atoms with van der Waals surface area (Å²) in [6.07, 6.45) is 4.24. The van der Waals surface area contributed by atoms with E-state index in [4.69, 9.17) is 5.73 Å². The Labute approximate surface area is 114 Å². The fourth-order valence-electron chi connectivity index (χ4n) is 3.03. The van der Waals surface area contributed by atoms with Gasteiger partial charge in [-0.15, -0.1) is 0 Å². The van der Waals surface area contributed by atoms with Crippen LogP contribution in [0.2, 0.25) is 0 Å². The quantitative estimate of drug-likeness (QED) is 0.908. The molecule has 1 aliphatic carbocycles. The van der Waals surface area contributed by atoms with Gasteiger partial charge in [0, 0.05) is 26.2 Å². The molecule has 1 aliphatic rings. The molecule has 2 aromatic rings. The normalized spacial score (nSPS) is 22.9. The molecule has 4 nitrogen and oxygen atoms in total. The maximum Gasteiger partial charge on any atom is 0.0955 e. The number of nitrogens with zero attached hydrogens (tertiary/aromatic N) is 3. The van der Waals surface area contributed by atoms with E-state index in [1.165, 1.54) is 23.9 Å². The van der Waals surface area contributed by atoms with Crippen LogP contribution in [0.25, 0.3) is 11.0 Å². The summed E-state index contributed by atoms with van der Waals surface area (Å²) < 4.78 is 2.05. The number of aromatic nitrogens is 2. The zero-order chi connectivity index (χ0) is 13.4. The molecule has 0 radical (unpaired) electrons. The summed E-state index contributed by atoms with van der Waals surface area (Å²) in [4.78, 5) is 6.80.